The van der Waals surface area contributed by atoms with E-state index in [4.69, 9.17) is 0 Å². The highest BCUT2D eigenvalue weighted by molar-refractivity contribution is 7.19. The summed E-state index contributed by atoms with van der Waals surface area (Å²) in [7, 11) is -2.69. The maximum atomic E-state index is 2.46. The zero-order valence-electron chi connectivity index (χ0n) is 34.6. The van der Waals surface area contributed by atoms with Crippen molar-refractivity contribution in [1.82, 2.24) is 9.13 Å². The summed E-state index contributed by atoms with van der Waals surface area (Å²) in [5.74, 6) is 0. The molecule has 0 radical (unpaired) electrons. The Hall–Kier alpha value is -7.98. The summed E-state index contributed by atoms with van der Waals surface area (Å²) in [5, 5.41) is 10.5. The van der Waals surface area contributed by atoms with Gasteiger partial charge in [-0.3, -0.25) is 0 Å². The summed E-state index contributed by atoms with van der Waals surface area (Å²) in [6, 6.07) is 94.1. The molecular weight excluding hydrogens is 777 g/mol. The van der Waals surface area contributed by atoms with Crippen molar-refractivity contribution in [3.63, 3.8) is 0 Å². The molecule has 0 atom stereocenters. The Labute approximate surface area is 368 Å². The Kier molecular flexibility index (Phi) is 8.87. The smallest absolute Gasteiger partial charge is 0.179 e. The van der Waals surface area contributed by atoms with Gasteiger partial charge in [0, 0.05) is 32.9 Å². The van der Waals surface area contributed by atoms with Gasteiger partial charge in [0.05, 0.1) is 22.1 Å². The maximum absolute atomic E-state index is 2.69. The average molecular weight is 819 g/mol. The average Bonchev–Trinajstić information content (AvgIpc) is 3.88. The molecule has 10 aromatic carbocycles. The van der Waals surface area contributed by atoms with Gasteiger partial charge in [-0.25, -0.2) is 0 Å². The van der Waals surface area contributed by atoms with E-state index in [1.165, 1.54) is 92.3 Å². The van der Waals surface area contributed by atoms with Crippen LogP contribution in [0.5, 0.6) is 0 Å². The van der Waals surface area contributed by atoms with Crippen LogP contribution < -0.4 is 20.7 Å². The van der Waals surface area contributed by atoms with Crippen molar-refractivity contribution in [3.05, 3.63) is 255 Å². The van der Waals surface area contributed by atoms with Gasteiger partial charge >= 0.3 is 0 Å². The number of benzene rings is 10. The van der Waals surface area contributed by atoms with Gasteiger partial charge < -0.3 is 9.13 Å². The molecule has 0 amide bonds. The van der Waals surface area contributed by atoms with E-state index in [1.807, 2.05) is 0 Å². The Morgan fingerprint density at radius 1 is 0.222 bits per heavy atom. The van der Waals surface area contributed by atoms with E-state index < -0.39 is 8.07 Å². The van der Waals surface area contributed by atoms with Crippen LogP contribution >= 0.6 is 0 Å². The molecule has 0 aliphatic heterocycles. The van der Waals surface area contributed by atoms with Gasteiger partial charge in [0.15, 0.2) is 8.07 Å². The molecule has 63 heavy (non-hydrogen) atoms. The number of para-hydroxylation sites is 3. The minimum Gasteiger partial charge on any atom is -0.309 e. The van der Waals surface area contributed by atoms with Crippen LogP contribution in [-0.2, 0) is 0 Å². The molecule has 0 saturated carbocycles. The molecule has 2 heterocycles. The van der Waals surface area contributed by atoms with Gasteiger partial charge in [0.1, 0.15) is 0 Å². The zero-order valence-corrected chi connectivity index (χ0v) is 35.6. The second-order valence-electron chi connectivity index (χ2n) is 16.5. The first kappa shape index (κ1) is 36.8. The van der Waals surface area contributed by atoms with E-state index in [0.717, 1.165) is 5.69 Å². The zero-order chi connectivity index (χ0) is 41.7. The topological polar surface area (TPSA) is 9.86 Å². The van der Waals surface area contributed by atoms with Gasteiger partial charge in [-0.15, -0.1) is 0 Å². The highest BCUT2D eigenvalue weighted by Crippen LogP contribution is 2.38. The first-order chi connectivity index (χ1) is 31.3. The van der Waals surface area contributed by atoms with Crippen molar-refractivity contribution in [2.24, 2.45) is 0 Å². The molecule has 2 nitrogen and oxygen atoms in total. The highest BCUT2D eigenvalue weighted by Gasteiger charge is 2.41. The fourth-order valence-electron chi connectivity index (χ4n) is 10.3. The van der Waals surface area contributed by atoms with Gasteiger partial charge in [-0.1, -0.05) is 194 Å². The lowest BCUT2D eigenvalue weighted by Crippen LogP contribution is -2.74. The molecule has 3 heteroatoms. The quantitative estimate of drug-likeness (QED) is 0.107. The minimum absolute atomic E-state index is 1.14. The Balaban J connectivity index is 0.985. The predicted molar refractivity (Wildman–Crippen MR) is 270 cm³/mol. The van der Waals surface area contributed by atoms with Crippen molar-refractivity contribution in [2.45, 2.75) is 0 Å². The van der Waals surface area contributed by atoms with Crippen LogP contribution in [0.2, 0.25) is 0 Å². The van der Waals surface area contributed by atoms with Crippen LogP contribution in [0.15, 0.2) is 255 Å². The number of hydrogen-bond donors (Lipinski definition) is 0. The molecule has 2 aromatic heterocycles. The lowest BCUT2D eigenvalue weighted by molar-refractivity contribution is 1.18. The van der Waals surface area contributed by atoms with Crippen LogP contribution in [0.25, 0.3) is 77.2 Å². The molecular formula is C60H42N2Si. The molecule has 12 rings (SSSR count). The van der Waals surface area contributed by atoms with Crippen molar-refractivity contribution in [2.75, 3.05) is 0 Å². The Bertz CT molecular complexity index is 3510. The third-order valence-electron chi connectivity index (χ3n) is 13.0. The maximum Gasteiger partial charge on any atom is 0.179 e. The summed E-state index contributed by atoms with van der Waals surface area (Å²) in [6.45, 7) is 0. The standard InChI is InChI=1S/C60H42N2Si/c1-5-21-47(22-6-1)61-57-33-15-13-31-53(57)55-41-45(35-37-59(55)61)46-36-38-60-56(42-46)54-32-14-16-34-58(54)62(60)48-23-17-19-43(39-48)44-20-18-30-52(40-44)63(49-24-7-2-8-25-49,50-26-9-3-10-27-50)51-28-11-4-12-29-51/h1-42H. The highest BCUT2D eigenvalue weighted by atomic mass is 28.3. The molecule has 0 unspecified atom stereocenters. The summed E-state index contributed by atoms with van der Waals surface area (Å²) in [6.07, 6.45) is 0. The van der Waals surface area contributed by atoms with Gasteiger partial charge in [0.25, 0.3) is 0 Å². The van der Waals surface area contributed by atoms with E-state index >= 15 is 0 Å². The second-order valence-corrected chi connectivity index (χ2v) is 20.3. The number of nitrogens with zero attached hydrogens (tertiary/aromatic N) is 2. The summed E-state index contributed by atoms with van der Waals surface area (Å²) in [4.78, 5) is 0. The Morgan fingerprint density at radius 2 is 0.587 bits per heavy atom. The van der Waals surface area contributed by atoms with Crippen LogP contribution in [0.4, 0.5) is 0 Å². The Morgan fingerprint density at radius 3 is 1.11 bits per heavy atom. The van der Waals surface area contributed by atoms with Gasteiger partial charge in [-0.2, -0.15) is 0 Å². The van der Waals surface area contributed by atoms with Crippen LogP contribution in [-0.4, -0.2) is 17.2 Å². The molecule has 0 saturated heterocycles. The molecule has 0 spiro atoms. The summed E-state index contributed by atoms with van der Waals surface area (Å²) >= 11 is 0. The largest absolute Gasteiger partial charge is 0.309 e. The van der Waals surface area contributed by atoms with Crippen LogP contribution in [0.3, 0.4) is 0 Å². The van der Waals surface area contributed by atoms with Crippen molar-refractivity contribution in [1.29, 1.82) is 0 Å². The fourth-order valence-corrected chi connectivity index (χ4v) is 15.1. The molecule has 12 aromatic rings. The summed E-state index contributed by atoms with van der Waals surface area (Å²) < 4.78 is 4.82. The third kappa shape index (κ3) is 6.00. The van der Waals surface area contributed by atoms with E-state index in [2.05, 4.69) is 264 Å². The SMILES string of the molecule is c1ccc(-n2c3ccccc3c3cc(-c4ccc5c(c4)c4ccccc4n5-c4cccc(-c5cccc([Si](c6ccccc6)(c6ccccc6)c6ccccc6)c5)c4)ccc32)cc1. The molecule has 0 fully saturated rings. The fraction of sp³-hybridized carbons (Fsp3) is 0. The van der Waals surface area contributed by atoms with Crippen molar-refractivity contribution < 1.29 is 0 Å². The lowest BCUT2D eigenvalue weighted by atomic mass is 10.0. The predicted octanol–water partition coefficient (Wildman–Crippen LogP) is 12.6. The van der Waals surface area contributed by atoms with Crippen LogP contribution in [0, 0.1) is 0 Å². The van der Waals surface area contributed by atoms with Gasteiger partial charge in [-0.05, 0) is 104 Å². The minimum atomic E-state index is -2.69. The second kappa shape index (κ2) is 15.2. The van der Waals surface area contributed by atoms with Gasteiger partial charge in [0.2, 0.25) is 0 Å². The number of aromatic nitrogens is 2. The number of hydrogen-bond acceptors (Lipinski definition) is 0. The lowest BCUT2D eigenvalue weighted by Gasteiger charge is -2.34. The molecule has 0 aliphatic rings. The number of rotatable bonds is 8. The van der Waals surface area contributed by atoms with E-state index in [9.17, 15) is 0 Å². The van der Waals surface area contributed by atoms with Crippen LogP contribution in [0.1, 0.15) is 0 Å². The summed E-state index contributed by atoms with van der Waals surface area (Å²) in [5.41, 5.74) is 11.9. The van der Waals surface area contributed by atoms with Crippen molar-refractivity contribution in [3.8, 4) is 33.6 Å². The first-order valence-corrected chi connectivity index (χ1v) is 23.8. The van der Waals surface area contributed by atoms with E-state index in [1.54, 1.807) is 0 Å². The third-order valence-corrected chi connectivity index (χ3v) is 17.8. The molecule has 296 valence electrons. The molecule has 0 bridgehead atoms. The monoisotopic (exact) mass is 818 g/mol. The molecule has 0 N–H and O–H groups in total. The first-order valence-electron chi connectivity index (χ1n) is 21.8. The molecule has 0 aliphatic carbocycles. The number of fused-ring (bicyclic) bond motifs is 6. The normalized spacial score (nSPS) is 11.8. The van der Waals surface area contributed by atoms with E-state index in [0.29, 0.717) is 0 Å². The van der Waals surface area contributed by atoms with E-state index in [-0.39, 0.29) is 0 Å². The van der Waals surface area contributed by atoms with Crippen molar-refractivity contribution >= 4 is 72.4 Å².